The Balaban J connectivity index is 2.14. The maximum atomic E-state index is 10.8. The molecule has 1 aromatic heterocycles. The third-order valence-electron chi connectivity index (χ3n) is 3.41. The predicted molar refractivity (Wildman–Crippen MR) is 77.6 cm³/mol. The number of nitrogens with zero attached hydrogens (tertiary/aromatic N) is 2. The van der Waals surface area contributed by atoms with E-state index in [0.29, 0.717) is 0 Å². The van der Waals surface area contributed by atoms with Crippen LogP contribution in [0.15, 0.2) is 24.1 Å². The van der Waals surface area contributed by atoms with Gasteiger partial charge < -0.3 is 5.32 Å². The van der Waals surface area contributed by atoms with E-state index in [-0.39, 0.29) is 16.0 Å². The predicted octanol–water partition coefficient (Wildman–Crippen LogP) is 2.57. The molecule has 2 rings (SSSR count). The van der Waals surface area contributed by atoms with Gasteiger partial charge in [0.25, 0.3) is 0 Å². The van der Waals surface area contributed by atoms with Gasteiger partial charge >= 0.3 is 5.00 Å². The summed E-state index contributed by atoms with van der Waals surface area (Å²) in [4.78, 5) is 12.9. The second kappa shape index (κ2) is 6.79. The maximum Gasteiger partial charge on any atom is 0.324 e. The summed E-state index contributed by atoms with van der Waals surface area (Å²) >= 11 is 1.22. The third-order valence-corrected chi connectivity index (χ3v) is 4.31. The minimum absolute atomic E-state index is 0.230. The Kier molecular flexibility index (Phi) is 5.07. The molecule has 1 saturated heterocycles. The number of hydrogen-bond donors (Lipinski definition) is 1. The zero-order valence-corrected chi connectivity index (χ0v) is 11.7. The molecule has 0 amide bonds. The Morgan fingerprint density at radius 1 is 1.58 bits per heavy atom. The lowest BCUT2D eigenvalue weighted by Gasteiger charge is -2.34. The molecular weight excluding hydrogens is 262 g/mol. The Bertz CT molecular complexity index is 441. The number of piperazine rings is 1. The van der Waals surface area contributed by atoms with E-state index in [2.05, 4.69) is 16.8 Å². The van der Waals surface area contributed by atoms with Gasteiger partial charge in [-0.1, -0.05) is 17.4 Å². The first kappa shape index (κ1) is 14.2. The van der Waals surface area contributed by atoms with Crippen LogP contribution in [-0.2, 0) is 0 Å². The van der Waals surface area contributed by atoms with Crippen molar-refractivity contribution in [1.82, 2.24) is 10.2 Å². The van der Waals surface area contributed by atoms with Gasteiger partial charge in [-0.05, 0) is 18.4 Å². The van der Waals surface area contributed by atoms with Gasteiger partial charge in [0, 0.05) is 43.7 Å². The Morgan fingerprint density at radius 2 is 2.32 bits per heavy atom. The second-order valence-corrected chi connectivity index (χ2v) is 5.53. The van der Waals surface area contributed by atoms with Crippen molar-refractivity contribution in [3.05, 3.63) is 39.8 Å². The van der Waals surface area contributed by atoms with E-state index >= 15 is 0 Å². The van der Waals surface area contributed by atoms with E-state index in [1.165, 1.54) is 11.3 Å². The zero-order valence-electron chi connectivity index (χ0n) is 10.9. The molecule has 0 aromatic carbocycles. The van der Waals surface area contributed by atoms with Crippen LogP contribution in [0.5, 0.6) is 0 Å². The lowest BCUT2D eigenvalue weighted by molar-refractivity contribution is -0.380. The van der Waals surface area contributed by atoms with Crippen LogP contribution in [0.25, 0.3) is 0 Å². The topological polar surface area (TPSA) is 58.4 Å². The van der Waals surface area contributed by atoms with Crippen LogP contribution in [-0.4, -0.2) is 36.0 Å². The number of hydrogen-bond acceptors (Lipinski definition) is 5. The van der Waals surface area contributed by atoms with Crippen molar-refractivity contribution in [2.24, 2.45) is 0 Å². The number of nitrogens with one attached hydrogen (secondary N) is 1. The monoisotopic (exact) mass is 281 g/mol. The van der Waals surface area contributed by atoms with Crippen LogP contribution in [0.3, 0.4) is 0 Å². The Hall–Kier alpha value is -1.24. The molecule has 0 spiro atoms. The number of thiophene rings is 1. The summed E-state index contributed by atoms with van der Waals surface area (Å²) in [7, 11) is 0. The van der Waals surface area contributed by atoms with Crippen molar-refractivity contribution in [2.75, 3.05) is 26.2 Å². The van der Waals surface area contributed by atoms with Gasteiger partial charge in [-0.15, -0.1) is 6.58 Å². The van der Waals surface area contributed by atoms with E-state index in [4.69, 9.17) is 0 Å². The first-order chi connectivity index (χ1) is 9.22. The van der Waals surface area contributed by atoms with E-state index in [0.717, 1.165) is 44.6 Å². The highest BCUT2D eigenvalue weighted by atomic mass is 32.1. The van der Waals surface area contributed by atoms with Gasteiger partial charge in [-0.3, -0.25) is 15.0 Å². The van der Waals surface area contributed by atoms with Crippen molar-refractivity contribution in [3.63, 3.8) is 0 Å². The summed E-state index contributed by atoms with van der Waals surface area (Å²) in [5.41, 5.74) is 1.07. The van der Waals surface area contributed by atoms with Crippen LogP contribution in [0.4, 0.5) is 5.00 Å². The van der Waals surface area contributed by atoms with E-state index in [1.54, 1.807) is 6.07 Å². The molecule has 1 atom stereocenters. The molecule has 19 heavy (non-hydrogen) atoms. The summed E-state index contributed by atoms with van der Waals surface area (Å²) in [5, 5.41) is 16.3. The van der Waals surface area contributed by atoms with Gasteiger partial charge in [0.1, 0.15) is 0 Å². The quantitative estimate of drug-likeness (QED) is 0.494. The van der Waals surface area contributed by atoms with E-state index in [1.807, 2.05) is 11.5 Å². The Labute approximate surface area is 117 Å². The van der Waals surface area contributed by atoms with Gasteiger partial charge in [0.05, 0.1) is 4.92 Å². The molecule has 2 heterocycles. The van der Waals surface area contributed by atoms with Gasteiger partial charge in [-0.25, -0.2) is 0 Å². The van der Waals surface area contributed by atoms with Crippen LogP contribution in [0, 0.1) is 10.1 Å². The summed E-state index contributed by atoms with van der Waals surface area (Å²) in [6.07, 6.45) is 3.81. The van der Waals surface area contributed by atoms with Gasteiger partial charge in [0.15, 0.2) is 0 Å². The van der Waals surface area contributed by atoms with E-state index in [9.17, 15) is 10.1 Å². The number of allylic oxidation sites excluding steroid dienone is 1. The van der Waals surface area contributed by atoms with Crippen molar-refractivity contribution in [1.29, 1.82) is 0 Å². The minimum atomic E-state index is -0.309. The molecule has 0 radical (unpaired) electrons. The Morgan fingerprint density at radius 3 is 2.89 bits per heavy atom. The zero-order chi connectivity index (χ0) is 13.7. The maximum absolute atomic E-state index is 10.8. The molecule has 1 aromatic rings. The largest absolute Gasteiger partial charge is 0.324 e. The average molecular weight is 281 g/mol. The molecule has 6 heteroatoms. The SMILES string of the molecule is C=CCC[C@H](c1csc([N+](=O)[O-])c1)N1CCNCC1. The normalized spacial score (nSPS) is 18.1. The van der Waals surface area contributed by atoms with E-state index < -0.39 is 0 Å². The van der Waals surface area contributed by atoms with Crippen molar-refractivity contribution < 1.29 is 4.92 Å². The number of rotatable bonds is 6. The van der Waals surface area contributed by atoms with Crippen LogP contribution >= 0.6 is 11.3 Å². The van der Waals surface area contributed by atoms with Gasteiger partial charge in [0.2, 0.25) is 0 Å². The number of nitro groups is 1. The molecular formula is C13H19N3O2S. The molecule has 1 aliphatic heterocycles. The molecule has 5 nitrogen and oxygen atoms in total. The third kappa shape index (κ3) is 3.62. The smallest absolute Gasteiger partial charge is 0.314 e. The molecule has 1 N–H and O–H groups in total. The molecule has 0 bridgehead atoms. The standard InChI is InChI=1S/C13H19N3O2S/c1-2-3-4-12(15-7-5-14-6-8-15)11-9-13(16(17)18)19-10-11/h2,9-10,12,14H,1,3-8H2/t12-/m1/s1. The fraction of sp³-hybridized carbons (Fsp3) is 0.538. The summed E-state index contributed by atoms with van der Waals surface area (Å²) in [6.45, 7) is 7.72. The molecule has 0 saturated carbocycles. The lowest BCUT2D eigenvalue weighted by Crippen LogP contribution is -2.45. The fourth-order valence-electron chi connectivity index (χ4n) is 2.44. The minimum Gasteiger partial charge on any atom is -0.314 e. The lowest BCUT2D eigenvalue weighted by atomic mass is 10.0. The van der Waals surface area contributed by atoms with Crippen LogP contribution in [0.2, 0.25) is 0 Å². The summed E-state index contributed by atoms with van der Waals surface area (Å²) < 4.78 is 0. The molecule has 0 aliphatic carbocycles. The first-order valence-electron chi connectivity index (χ1n) is 6.51. The highest BCUT2D eigenvalue weighted by Gasteiger charge is 2.24. The highest BCUT2D eigenvalue weighted by Crippen LogP contribution is 2.33. The first-order valence-corrected chi connectivity index (χ1v) is 7.39. The highest BCUT2D eigenvalue weighted by molar-refractivity contribution is 7.13. The molecule has 1 fully saturated rings. The summed E-state index contributed by atoms with van der Waals surface area (Å²) in [5.74, 6) is 0. The van der Waals surface area contributed by atoms with Crippen molar-refractivity contribution >= 4 is 16.3 Å². The van der Waals surface area contributed by atoms with Gasteiger partial charge in [-0.2, -0.15) is 0 Å². The average Bonchev–Trinajstić information content (AvgIpc) is 2.90. The molecule has 0 unspecified atom stereocenters. The fourth-order valence-corrected chi connectivity index (χ4v) is 3.21. The van der Waals surface area contributed by atoms with Crippen LogP contribution in [0.1, 0.15) is 24.4 Å². The van der Waals surface area contributed by atoms with Crippen LogP contribution < -0.4 is 5.32 Å². The molecule has 1 aliphatic rings. The van der Waals surface area contributed by atoms with Crippen molar-refractivity contribution in [2.45, 2.75) is 18.9 Å². The second-order valence-electron chi connectivity index (χ2n) is 4.64. The molecule has 104 valence electrons. The van der Waals surface area contributed by atoms with Crippen molar-refractivity contribution in [3.8, 4) is 0 Å². The summed E-state index contributed by atoms with van der Waals surface area (Å²) in [6, 6.07) is 1.99.